The van der Waals surface area contributed by atoms with E-state index >= 15 is 0 Å². The van der Waals surface area contributed by atoms with Crippen molar-refractivity contribution in [2.75, 3.05) is 12.4 Å². The van der Waals surface area contributed by atoms with Crippen LogP contribution in [0.2, 0.25) is 5.02 Å². The van der Waals surface area contributed by atoms with Gasteiger partial charge in [0.05, 0.1) is 12.8 Å². The number of benzene rings is 2. The van der Waals surface area contributed by atoms with Gasteiger partial charge in [-0.15, -0.1) is 0 Å². The molecule has 1 fully saturated rings. The van der Waals surface area contributed by atoms with Gasteiger partial charge in [0, 0.05) is 5.02 Å². The van der Waals surface area contributed by atoms with Crippen molar-refractivity contribution in [2.24, 2.45) is 0 Å². The van der Waals surface area contributed by atoms with Crippen LogP contribution >= 0.6 is 11.6 Å². The van der Waals surface area contributed by atoms with Crippen LogP contribution in [0, 0.1) is 0 Å². The summed E-state index contributed by atoms with van der Waals surface area (Å²) < 4.78 is 5.24. The molecular weight excluding hydrogens is 418 g/mol. The van der Waals surface area contributed by atoms with Gasteiger partial charge < -0.3 is 15.4 Å². The molecule has 1 saturated heterocycles. The highest BCUT2D eigenvalue weighted by Crippen LogP contribution is 2.34. The zero-order valence-electron chi connectivity index (χ0n) is 17.6. The Bertz CT molecular complexity index is 1090. The Kier molecular flexibility index (Phi) is 5.39. The molecule has 2 aromatic carbocycles. The molecule has 1 heterocycles. The number of aryl methyl sites for hydroxylation is 2. The van der Waals surface area contributed by atoms with Crippen LogP contribution in [0.15, 0.2) is 36.4 Å². The lowest BCUT2D eigenvalue weighted by Gasteiger charge is -2.25. The largest absolute Gasteiger partial charge is 0.495 e. The number of anilines is 1. The lowest BCUT2D eigenvalue weighted by molar-refractivity contribution is -0.136. The zero-order valence-corrected chi connectivity index (χ0v) is 18.4. The number of nitrogens with one attached hydrogen (secondary N) is 2. The number of rotatable bonds is 5. The van der Waals surface area contributed by atoms with Gasteiger partial charge in [0.15, 0.2) is 0 Å². The lowest BCUT2D eigenvalue weighted by Crippen LogP contribution is -2.47. The molecule has 31 heavy (non-hydrogen) atoms. The third-order valence-corrected chi connectivity index (χ3v) is 6.32. The number of hydrogen-bond donors (Lipinski definition) is 2. The molecule has 0 spiro atoms. The van der Waals surface area contributed by atoms with E-state index in [9.17, 15) is 14.4 Å². The Morgan fingerprint density at radius 1 is 1.19 bits per heavy atom. The number of urea groups is 1. The first-order valence-corrected chi connectivity index (χ1v) is 10.5. The van der Waals surface area contributed by atoms with Crippen molar-refractivity contribution in [1.29, 1.82) is 0 Å². The molecule has 0 saturated carbocycles. The summed E-state index contributed by atoms with van der Waals surface area (Å²) >= 11 is 6.02. The van der Waals surface area contributed by atoms with Crippen molar-refractivity contribution in [1.82, 2.24) is 10.2 Å². The zero-order chi connectivity index (χ0) is 22.3. The third kappa shape index (κ3) is 3.63. The summed E-state index contributed by atoms with van der Waals surface area (Å²) in [6, 6.07) is 9.07. The van der Waals surface area contributed by atoms with Crippen LogP contribution in [0.3, 0.4) is 0 Å². The van der Waals surface area contributed by atoms with Crippen LogP contribution in [0.5, 0.6) is 5.75 Å². The molecule has 2 aliphatic rings. The van der Waals surface area contributed by atoms with Gasteiger partial charge in [-0.2, -0.15) is 0 Å². The summed E-state index contributed by atoms with van der Waals surface area (Å²) in [5, 5.41) is 5.90. The number of ether oxygens (including phenoxy) is 1. The Hall–Kier alpha value is -3.06. The van der Waals surface area contributed by atoms with Crippen molar-refractivity contribution in [3.8, 4) is 5.75 Å². The van der Waals surface area contributed by atoms with E-state index in [1.54, 1.807) is 25.1 Å². The standard InChI is InChI=1S/C23H24ClN3O4/c1-13(20(28)25-18-12-17(24)9-10-19(18)31-3)27-21(29)23(2,26-22(27)30)16-8-7-14-5-4-6-15(14)11-16/h7-13H,4-6H2,1-3H3,(H,25,28)(H,26,30)/t13-,23+/m0/s1. The summed E-state index contributed by atoms with van der Waals surface area (Å²) in [6.45, 7) is 3.19. The maximum absolute atomic E-state index is 13.3. The van der Waals surface area contributed by atoms with Crippen LogP contribution in [0.4, 0.5) is 10.5 Å². The number of imide groups is 1. The molecule has 162 valence electrons. The Labute approximate surface area is 185 Å². The normalized spacial score (nSPS) is 21.0. The van der Waals surface area contributed by atoms with Gasteiger partial charge in [-0.25, -0.2) is 9.69 Å². The SMILES string of the molecule is COc1ccc(Cl)cc1NC(=O)[C@H](C)N1C(=O)N[C@](C)(c2ccc3c(c2)CCC3)C1=O. The molecule has 2 aromatic rings. The average molecular weight is 442 g/mol. The number of nitrogens with zero attached hydrogens (tertiary/aromatic N) is 1. The molecule has 1 aliphatic carbocycles. The molecule has 0 radical (unpaired) electrons. The summed E-state index contributed by atoms with van der Waals surface area (Å²) in [4.78, 5) is 39.9. The minimum atomic E-state index is -1.23. The number of methoxy groups -OCH3 is 1. The smallest absolute Gasteiger partial charge is 0.326 e. The number of hydrogen-bond acceptors (Lipinski definition) is 4. The Balaban J connectivity index is 1.57. The highest BCUT2D eigenvalue weighted by molar-refractivity contribution is 6.31. The highest BCUT2D eigenvalue weighted by atomic mass is 35.5. The summed E-state index contributed by atoms with van der Waals surface area (Å²) in [6.07, 6.45) is 3.08. The average Bonchev–Trinajstić information content (AvgIpc) is 3.29. The van der Waals surface area contributed by atoms with E-state index in [1.165, 1.54) is 25.2 Å². The number of amides is 4. The van der Waals surface area contributed by atoms with E-state index in [0.29, 0.717) is 16.5 Å². The van der Waals surface area contributed by atoms with E-state index in [-0.39, 0.29) is 0 Å². The highest BCUT2D eigenvalue weighted by Gasteiger charge is 2.52. The first kappa shape index (κ1) is 21.2. The molecule has 2 atom stereocenters. The van der Waals surface area contributed by atoms with Crippen molar-refractivity contribution in [2.45, 2.75) is 44.7 Å². The summed E-state index contributed by atoms with van der Waals surface area (Å²) in [7, 11) is 1.47. The summed E-state index contributed by atoms with van der Waals surface area (Å²) in [5.74, 6) is -0.566. The fraction of sp³-hybridized carbons (Fsp3) is 0.348. The minimum absolute atomic E-state index is 0.361. The number of halogens is 1. The molecule has 2 N–H and O–H groups in total. The van der Waals surface area contributed by atoms with Crippen molar-refractivity contribution in [3.05, 3.63) is 58.1 Å². The number of carbonyl (C=O) groups excluding carboxylic acids is 3. The molecule has 0 bridgehead atoms. The predicted molar refractivity (Wildman–Crippen MR) is 117 cm³/mol. The minimum Gasteiger partial charge on any atom is -0.495 e. The maximum Gasteiger partial charge on any atom is 0.326 e. The van der Waals surface area contributed by atoms with E-state index in [0.717, 1.165) is 29.7 Å². The van der Waals surface area contributed by atoms with Gasteiger partial charge in [-0.3, -0.25) is 9.59 Å². The van der Waals surface area contributed by atoms with Gasteiger partial charge in [0.2, 0.25) is 5.91 Å². The molecule has 8 heteroatoms. The van der Waals surface area contributed by atoms with Crippen LogP contribution < -0.4 is 15.4 Å². The molecule has 0 unspecified atom stereocenters. The molecule has 4 amide bonds. The van der Waals surface area contributed by atoms with Crippen LogP contribution in [-0.2, 0) is 28.0 Å². The second-order valence-corrected chi connectivity index (χ2v) is 8.51. The predicted octanol–water partition coefficient (Wildman–Crippen LogP) is 3.63. The first-order chi connectivity index (χ1) is 14.7. The lowest BCUT2D eigenvalue weighted by atomic mass is 9.89. The quantitative estimate of drug-likeness (QED) is 0.693. The number of carbonyl (C=O) groups is 3. The van der Waals surface area contributed by atoms with Crippen LogP contribution in [0.1, 0.15) is 37.0 Å². The fourth-order valence-electron chi connectivity index (χ4n) is 4.22. The second-order valence-electron chi connectivity index (χ2n) is 8.08. The number of fused-ring (bicyclic) bond motifs is 1. The van der Waals surface area contributed by atoms with Gasteiger partial charge in [0.1, 0.15) is 17.3 Å². The van der Waals surface area contributed by atoms with E-state index in [1.807, 2.05) is 18.2 Å². The Morgan fingerprint density at radius 3 is 2.68 bits per heavy atom. The van der Waals surface area contributed by atoms with Crippen molar-refractivity contribution >= 4 is 35.1 Å². The molecule has 4 rings (SSSR count). The first-order valence-electron chi connectivity index (χ1n) is 10.2. The van der Waals surface area contributed by atoms with E-state index in [2.05, 4.69) is 10.6 Å². The van der Waals surface area contributed by atoms with Gasteiger partial charge in [-0.1, -0.05) is 29.8 Å². The molecule has 7 nitrogen and oxygen atoms in total. The maximum atomic E-state index is 13.3. The van der Waals surface area contributed by atoms with Gasteiger partial charge in [-0.05, 0) is 68.0 Å². The van der Waals surface area contributed by atoms with Crippen LogP contribution in [0.25, 0.3) is 0 Å². The molecular formula is C23H24ClN3O4. The monoisotopic (exact) mass is 441 g/mol. The van der Waals surface area contributed by atoms with Crippen LogP contribution in [-0.4, -0.2) is 35.9 Å². The van der Waals surface area contributed by atoms with E-state index in [4.69, 9.17) is 16.3 Å². The van der Waals surface area contributed by atoms with Crippen molar-refractivity contribution in [3.63, 3.8) is 0 Å². The van der Waals surface area contributed by atoms with Gasteiger partial charge in [0.25, 0.3) is 5.91 Å². The second kappa shape index (κ2) is 7.89. The fourth-order valence-corrected chi connectivity index (χ4v) is 4.40. The summed E-state index contributed by atoms with van der Waals surface area (Å²) in [5.41, 5.74) is 2.34. The topological polar surface area (TPSA) is 87.7 Å². The van der Waals surface area contributed by atoms with Crippen molar-refractivity contribution < 1.29 is 19.1 Å². The molecule has 0 aromatic heterocycles. The third-order valence-electron chi connectivity index (χ3n) is 6.08. The van der Waals surface area contributed by atoms with E-state index < -0.39 is 29.4 Å². The Morgan fingerprint density at radius 2 is 1.94 bits per heavy atom. The molecule has 1 aliphatic heterocycles. The van der Waals surface area contributed by atoms with Gasteiger partial charge >= 0.3 is 6.03 Å².